The zero-order valence-electron chi connectivity index (χ0n) is 10.1. The van der Waals surface area contributed by atoms with E-state index in [0.717, 1.165) is 16.5 Å². The van der Waals surface area contributed by atoms with Crippen molar-refractivity contribution in [2.75, 3.05) is 0 Å². The van der Waals surface area contributed by atoms with Gasteiger partial charge in [0.05, 0.1) is 0 Å². The van der Waals surface area contributed by atoms with E-state index < -0.39 is 0 Å². The van der Waals surface area contributed by atoms with Crippen LogP contribution in [0.25, 0.3) is 0 Å². The Hall–Kier alpha value is -0.830. The number of amides is 1. The molecule has 17 heavy (non-hydrogen) atoms. The lowest BCUT2D eigenvalue weighted by Gasteiger charge is -2.29. The van der Waals surface area contributed by atoms with Gasteiger partial charge in [0.15, 0.2) is 0 Å². The molecule has 0 spiro atoms. The summed E-state index contributed by atoms with van der Waals surface area (Å²) in [5, 5.41) is 3.15. The first-order valence-electron chi connectivity index (χ1n) is 6.23. The Labute approximate surface area is 111 Å². The van der Waals surface area contributed by atoms with Crippen LogP contribution in [-0.4, -0.2) is 11.9 Å². The van der Waals surface area contributed by atoms with E-state index in [1.165, 1.54) is 19.3 Å². The first kappa shape index (κ1) is 12.6. The van der Waals surface area contributed by atoms with Crippen molar-refractivity contribution in [3.63, 3.8) is 0 Å². The van der Waals surface area contributed by atoms with Gasteiger partial charge in [-0.1, -0.05) is 35.7 Å². The summed E-state index contributed by atoms with van der Waals surface area (Å²) in [6.07, 6.45) is 4.87. The minimum Gasteiger partial charge on any atom is -0.349 e. The molecule has 0 radical (unpaired) electrons. The molecule has 1 amide bonds. The van der Waals surface area contributed by atoms with Crippen molar-refractivity contribution in [1.29, 1.82) is 0 Å². The number of benzene rings is 1. The number of carbonyl (C=O) groups excluding carboxylic acids is 1. The van der Waals surface area contributed by atoms with Gasteiger partial charge in [0.2, 0.25) is 0 Å². The molecule has 2 atom stereocenters. The summed E-state index contributed by atoms with van der Waals surface area (Å²) in [5.41, 5.74) is 0.742. The van der Waals surface area contributed by atoms with Crippen LogP contribution in [-0.2, 0) is 0 Å². The molecule has 0 heterocycles. The van der Waals surface area contributed by atoms with E-state index >= 15 is 0 Å². The van der Waals surface area contributed by atoms with Crippen LogP contribution < -0.4 is 5.32 Å². The average molecular weight is 296 g/mol. The van der Waals surface area contributed by atoms with Gasteiger partial charge in [0, 0.05) is 16.1 Å². The number of nitrogens with one attached hydrogen (secondary N) is 1. The Kier molecular flexibility index (Phi) is 4.21. The summed E-state index contributed by atoms with van der Waals surface area (Å²) in [7, 11) is 0. The van der Waals surface area contributed by atoms with Crippen LogP contribution in [0, 0.1) is 5.92 Å². The quantitative estimate of drug-likeness (QED) is 0.884. The van der Waals surface area contributed by atoms with Crippen molar-refractivity contribution < 1.29 is 4.79 Å². The maximum Gasteiger partial charge on any atom is 0.251 e. The van der Waals surface area contributed by atoms with Crippen molar-refractivity contribution in [2.45, 2.75) is 38.6 Å². The van der Waals surface area contributed by atoms with Gasteiger partial charge in [-0.2, -0.15) is 0 Å². The summed E-state index contributed by atoms with van der Waals surface area (Å²) < 4.78 is 1.00. The first-order chi connectivity index (χ1) is 8.16. The van der Waals surface area contributed by atoms with Gasteiger partial charge in [-0.3, -0.25) is 4.79 Å². The van der Waals surface area contributed by atoms with Crippen molar-refractivity contribution in [3.8, 4) is 0 Å². The maximum atomic E-state index is 12.0. The Balaban J connectivity index is 1.98. The largest absolute Gasteiger partial charge is 0.349 e. The van der Waals surface area contributed by atoms with Gasteiger partial charge in [0.1, 0.15) is 0 Å². The van der Waals surface area contributed by atoms with Crippen LogP contribution in [0.3, 0.4) is 0 Å². The summed E-state index contributed by atoms with van der Waals surface area (Å²) in [5.74, 6) is 0.652. The molecule has 2 unspecified atom stereocenters. The zero-order chi connectivity index (χ0) is 12.3. The average Bonchev–Trinajstić information content (AvgIpc) is 2.33. The van der Waals surface area contributed by atoms with E-state index in [1.807, 2.05) is 24.3 Å². The highest BCUT2D eigenvalue weighted by molar-refractivity contribution is 9.10. The minimum atomic E-state index is 0.0521. The van der Waals surface area contributed by atoms with E-state index in [1.54, 1.807) is 0 Å². The third-order valence-corrected chi connectivity index (χ3v) is 4.06. The molecule has 1 aromatic carbocycles. The maximum absolute atomic E-state index is 12.0. The van der Waals surface area contributed by atoms with Gasteiger partial charge in [0.25, 0.3) is 5.91 Å². The fourth-order valence-corrected chi connectivity index (χ4v) is 2.65. The molecule has 1 fully saturated rings. The lowest BCUT2D eigenvalue weighted by molar-refractivity contribution is 0.0910. The summed E-state index contributed by atoms with van der Waals surface area (Å²) in [4.78, 5) is 12.0. The smallest absolute Gasteiger partial charge is 0.251 e. The predicted molar refractivity (Wildman–Crippen MR) is 73.0 cm³/mol. The highest BCUT2D eigenvalue weighted by Gasteiger charge is 2.22. The second kappa shape index (κ2) is 5.67. The van der Waals surface area contributed by atoms with E-state index in [2.05, 4.69) is 28.2 Å². The van der Waals surface area contributed by atoms with Crippen LogP contribution >= 0.6 is 15.9 Å². The molecule has 1 N–H and O–H groups in total. The van der Waals surface area contributed by atoms with Crippen molar-refractivity contribution in [2.24, 2.45) is 5.92 Å². The van der Waals surface area contributed by atoms with Crippen LogP contribution in [0.5, 0.6) is 0 Å². The lowest BCUT2D eigenvalue weighted by atomic mass is 9.86. The monoisotopic (exact) mass is 295 g/mol. The molecule has 1 aliphatic rings. The topological polar surface area (TPSA) is 29.1 Å². The van der Waals surface area contributed by atoms with E-state index in [4.69, 9.17) is 0 Å². The second-order valence-corrected chi connectivity index (χ2v) is 5.76. The predicted octanol–water partition coefficient (Wildman–Crippen LogP) is 3.76. The summed E-state index contributed by atoms with van der Waals surface area (Å²) in [6.45, 7) is 2.23. The minimum absolute atomic E-state index is 0.0521. The fourth-order valence-electron chi connectivity index (χ4n) is 2.38. The highest BCUT2D eigenvalue weighted by atomic mass is 79.9. The Morgan fingerprint density at radius 1 is 1.24 bits per heavy atom. The molecule has 2 nitrogen and oxygen atoms in total. The van der Waals surface area contributed by atoms with Gasteiger partial charge >= 0.3 is 0 Å². The molecule has 0 saturated heterocycles. The van der Waals surface area contributed by atoms with Gasteiger partial charge < -0.3 is 5.32 Å². The van der Waals surface area contributed by atoms with Gasteiger partial charge in [-0.05, 0) is 43.0 Å². The molecule has 1 aliphatic carbocycles. The van der Waals surface area contributed by atoms with E-state index in [-0.39, 0.29) is 5.91 Å². The molecule has 0 aliphatic heterocycles. The Morgan fingerprint density at radius 3 is 2.53 bits per heavy atom. The first-order valence-corrected chi connectivity index (χ1v) is 7.02. The van der Waals surface area contributed by atoms with E-state index in [0.29, 0.717) is 12.0 Å². The fraction of sp³-hybridized carbons (Fsp3) is 0.500. The molecular formula is C14H18BrNO. The molecule has 0 aromatic heterocycles. The third kappa shape index (κ3) is 3.32. The van der Waals surface area contributed by atoms with Crippen LogP contribution in [0.1, 0.15) is 43.0 Å². The van der Waals surface area contributed by atoms with E-state index in [9.17, 15) is 4.79 Å². The molecule has 92 valence electrons. The molecule has 2 rings (SSSR count). The second-order valence-electron chi connectivity index (χ2n) is 4.85. The Morgan fingerprint density at radius 2 is 1.88 bits per heavy atom. The molecule has 0 bridgehead atoms. The van der Waals surface area contributed by atoms with Crippen molar-refractivity contribution in [3.05, 3.63) is 34.3 Å². The number of hydrogen-bond acceptors (Lipinski definition) is 1. The summed E-state index contributed by atoms with van der Waals surface area (Å²) >= 11 is 3.37. The number of hydrogen-bond donors (Lipinski definition) is 1. The molecule has 1 saturated carbocycles. The third-order valence-electron chi connectivity index (χ3n) is 3.53. The van der Waals surface area contributed by atoms with Crippen molar-refractivity contribution in [1.82, 2.24) is 5.32 Å². The summed E-state index contributed by atoms with van der Waals surface area (Å²) in [6, 6.07) is 7.86. The number of halogens is 1. The molecule has 3 heteroatoms. The SMILES string of the molecule is CC1CCCCC1NC(=O)c1ccc(Br)cc1. The van der Waals surface area contributed by atoms with Crippen LogP contribution in [0.2, 0.25) is 0 Å². The lowest BCUT2D eigenvalue weighted by Crippen LogP contribution is -2.41. The van der Waals surface area contributed by atoms with Crippen LogP contribution in [0.15, 0.2) is 28.7 Å². The number of rotatable bonds is 2. The zero-order valence-corrected chi connectivity index (χ0v) is 11.7. The normalized spacial score (nSPS) is 24.4. The standard InChI is InChI=1S/C14H18BrNO/c1-10-4-2-3-5-13(10)16-14(17)11-6-8-12(15)9-7-11/h6-10,13H,2-5H2,1H3,(H,16,17). The van der Waals surface area contributed by atoms with Crippen molar-refractivity contribution >= 4 is 21.8 Å². The Bertz CT molecular complexity index is 388. The van der Waals surface area contributed by atoms with Crippen LogP contribution in [0.4, 0.5) is 0 Å². The van der Waals surface area contributed by atoms with Gasteiger partial charge in [-0.25, -0.2) is 0 Å². The molecular weight excluding hydrogens is 278 g/mol. The number of carbonyl (C=O) groups is 1. The highest BCUT2D eigenvalue weighted by Crippen LogP contribution is 2.24. The molecule has 1 aromatic rings. The van der Waals surface area contributed by atoms with Gasteiger partial charge in [-0.15, -0.1) is 0 Å².